The fraction of sp³-hybridized carbons (Fsp3) is 0.167. The monoisotopic (exact) mass is 463 g/mol. The van der Waals surface area contributed by atoms with Crippen molar-refractivity contribution in [3.63, 3.8) is 0 Å². The van der Waals surface area contributed by atoms with Crippen molar-refractivity contribution < 1.29 is 14.0 Å². The molecule has 2 amide bonds. The van der Waals surface area contributed by atoms with E-state index in [0.29, 0.717) is 10.9 Å². The van der Waals surface area contributed by atoms with Crippen LogP contribution in [0.5, 0.6) is 0 Å². The molecule has 0 spiro atoms. The fourth-order valence-corrected chi connectivity index (χ4v) is 4.46. The maximum Gasteiger partial charge on any atom is 0.240 e. The standard InChI is InChI=1S/C24H22FN5O2S/c1-15-12-17(16(2)30(15)20-10-8-18(25)9-11-20)14-26-29-24-28-23(32)21(33-24)13-22(31)27-19-6-4-3-5-7-19/h3-12,14,21H,13H2,1-2H3,(H,27,31)(H,28,29,32)/b26-14-/t21-/m1/s1. The van der Waals surface area contributed by atoms with Crippen LogP contribution in [0.1, 0.15) is 23.4 Å². The first-order valence-corrected chi connectivity index (χ1v) is 11.2. The summed E-state index contributed by atoms with van der Waals surface area (Å²) in [6, 6.07) is 17.3. The Morgan fingerprint density at radius 2 is 1.91 bits per heavy atom. The maximum absolute atomic E-state index is 13.2. The van der Waals surface area contributed by atoms with Gasteiger partial charge in [0.1, 0.15) is 11.1 Å². The summed E-state index contributed by atoms with van der Waals surface area (Å²) in [6.45, 7) is 3.90. The van der Waals surface area contributed by atoms with E-state index >= 15 is 0 Å². The number of nitrogens with zero attached hydrogens (tertiary/aromatic N) is 3. The van der Waals surface area contributed by atoms with Crippen molar-refractivity contribution in [2.75, 3.05) is 5.32 Å². The summed E-state index contributed by atoms with van der Waals surface area (Å²) >= 11 is 1.18. The number of aromatic nitrogens is 1. The van der Waals surface area contributed by atoms with Gasteiger partial charge in [0, 0.05) is 34.7 Å². The van der Waals surface area contributed by atoms with Crippen molar-refractivity contribution in [1.29, 1.82) is 0 Å². The van der Waals surface area contributed by atoms with Gasteiger partial charge in [0.2, 0.25) is 11.8 Å². The zero-order chi connectivity index (χ0) is 23.4. The number of aryl methyl sites for hydroxylation is 1. The summed E-state index contributed by atoms with van der Waals surface area (Å²) in [5.41, 5.74) is 4.30. The smallest absolute Gasteiger partial charge is 0.240 e. The van der Waals surface area contributed by atoms with Crippen LogP contribution in [0.25, 0.3) is 5.69 Å². The molecule has 1 aliphatic rings. The van der Waals surface area contributed by atoms with Crippen LogP contribution in [-0.4, -0.2) is 33.0 Å². The number of amidine groups is 1. The number of nitrogens with one attached hydrogen (secondary N) is 2. The third-order valence-corrected chi connectivity index (χ3v) is 6.18. The third-order valence-electron chi connectivity index (χ3n) is 5.11. The highest BCUT2D eigenvalue weighted by atomic mass is 32.2. The van der Waals surface area contributed by atoms with Crippen molar-refractivity contribution in [3.05, 3.63) is 83.4 Å². The van der Waals surface area contributed by atoms with Gasteiger partial charge in [-0.15, -0.1) is 5.10 Å². The summed E-state index contributed by atoms with van der Waals surface area (Å²) in [5.74, 6) is -0.802. The second-order valence-corrected chi connectivity index (χ2v) is 8.69. The van der Waals surface area contributed by atoms with Crippen LogP contribution < -0.4 is 10.6 Å². The minimum atomic E-state index is -0.564. The number of thioether (sulfide) groups is 1. The highest BCUT2D eigenvalue weighted by Gasteiger charge is 2.32. The van der Waals surface area contributed by atoms with Gasteiger partial charge in [-0.05, 0) is 56.3 Å². The molecule has 7 nitrogen and oxygen atoms in total. The normalized spacial score (nSPS) is 17.0. The van der Waals surface area contributed by atoms with Gasteiger partial charge < -0.3 is 15.2 Å². The Morgan fingerprint density at radius 3 is 2.64 bits per heavy atom. The van der Waals surface area contributed by atoms with E-state index in [-0.39, 0.29) is 24.1 Å². The summed E-state index contributed by atoms with van der Waals surface area (Å²) in [4.78, 5) is 24.4. The molecule has 1 fully saturated rings. The van der Waals surface area contributed by atoms with Crippen LogP contribution >= 0.6 is 11.8 Å². The molecule has 0 unspecified atom stereocenters. The molecule has 1 saturated heterocycles. The van der Waals surface area contributed by atoms with Crippen LogP contribution in [0, 0.1) is 19.7 Å². The van der Waals surface area contributed by atoms with Crippen LogP contribution in [-0.2, 0) is 9.59 Å². The minimum Gasteiger partial charge on any atom is -0.326 e. The van der Waals surface area contributed by atoms with E-state index in [1.54, 1.807) is 30.5 Å². The molecular weight excluding hydrogens is 441 g/mol. The Balaban J connectivity index is 1.40. The van der Waals surface area contributed by atoms with Crippen molar-refractivity contribution in [3.8, 4) is 5.69 Å². The zero-order valence-electron chi connectivity index (χ0n) is 18.1. The number of carbonyl (C=O) groups is 2. The summed E-state index contributed by atoms with van der Waals surface area (Å²) in [5, 5.41) is 13.4. The molecule has 0 radical (unpaired) electrons. The number of anilines is 1. The number of amides is 2. The van der Waals surface area contributed by atoms with Gasteiger partial charge in [0.15, 0.2) is 5.17 Å². The van der Waals surface area contributed by atoms with Gasteiger partial charge in [0.25, 0.3) is 0 Å². The first-order valence-electron chi connectivity index (χ1n) is 10.3. The predicted octanol–water partition coefficient (Wildman–Crippen LogP) is 4.18. The molecular formula is C24H22FN5O2S. The average molecular weight is 464 g/mol. The molecule has 0 bridgehead atoms. The van der Waals surface area contributed by atoms with Crippen molar-refractivity contribution in [1.82, 2.24) is 9.88 Å². The molecule has 4 rings (SSSR count). The zero-order valence-corrected chi connectivity index (χ0v) is 18.9. The summed E-state index contributed by atoms with van der Waals surface area (Å²) in [7, 11) is 0. The van der Waals surface area contributed by atoms with Gasteiger partial charge in [0.05, 0.1) is 6.21 Å². The lowest BCUT2D eigenvalue weighted by Crippen LogP contribution is -2.28. The average Bonchev–Trinajstić information content (AvgIpc) is 3.27. The van der Waals surface area contributed by atoms with Crippen molar-refractivity contribution >= 4 is 40.6 Å². The molecule has 33 heavy (non-hydrogen) atoms. The summed E-state index contributed by atoms with van der Waals surface area (Å²) in [6.07, 6.45) is 1.64. The van der Waals surface area contributed by atoms with Crippen LogP contribution in [0.2, 0.25) is 0 Å². The summed E-state index contributed by atoms with van der Waals surface area (Å²) < 4.78 is 15.2. The molecule has 2 heterocycles. The molecule has 168 valence electrons. The lowest BCUT2D eigenvalue weighted by atomic mass is 10.2. The van der Waals surface area contributed by atoms with E-state index in [1.807, 2.05) is 42.7 Å². The highest BCUT2D eigenvalue weighted by molar-refractivity contribution is 8.15. The topological polar surface area (TPSA) is 87.8 Å². The Labute approximate surface area is 194 Å². The van der Waals surface area contributed by atoms with E-state index in [4.69, 9.17) is 0 Å². The van der Waals surface area contributed by atoms with Gasteiger partial charge in [-0.1, -0.05) is 30.0 Å². The molecule has 3 aromatic rings. The van der Waals surface area contributed by atoms with E-state index in [2.05, 4.69) is 20.8 Å². The van der Waals surface area contributed by atoms with Gasteiger partial charge in [-0.3, -0.25) is 9.59 Å². The molecule has 0 saturated carbocycles. The quantitative estimate of drug-likeness (QED) is 0.425. The lowest BCUT2D eigenvalue weighted by Gasteiger charge is -2.09. The number of hydrogen-bond donors (Lipinski definition) is 2. The van der Waals surface area contributed by atoms with E-state index < -0.39 is 5.25 Å². The van der Waals surface area contributed by atoms with E-state index in [0.717, 1.165) is 22.6 Å². The van der Waals surface area contributed by atoms with E-state index in [1.165, 1.54) is 23.9 Å². The third kappa shape index (κ3) is 5.38. The number of halogens is 1. The SMILES string of the molecule is Cc1cc(/C=N\N=C2/NC(=O)[C@@H](CC(=O)Nc3ccccc3)S2)c(C)n1-c1ccc(F)cc1. The van der Waals surface area contributed by atoms with Gasteiger partial charge in [-0.25, -0.2) is 4.39 Å². The van der Waals surface area contributed by atoms with Crippen molar-refractivity contribution in [2.24, 2.45) is 10.2 Å². The van der Waals surface area contributed by atoms with Gasteiger partial charge >= 0.3 is 0 Å². The highest BCUT2D eigenvalue weighted by Crippen LogP contribution is 2.24. The van der Waals surface area contributed by atoms with Gasteiger partial charge in [-0.2, -0.15) is 5.10 Å². The largest absolute Gasteiger partial charge is 0.326 e. The molecule has 2 N–H and O–H groups in total. The van der Waals surface area contributed by atoms with Crippen LogP contribution in [0.4, 0.5) is 10.1 Å². The first kappa shape index (κ1) is 22.5. The Bertz CT molecular complexity index is 1240. The number of para-hydroxylation sites is 1. The van der Waals surface area contributed by atoms with Crippen LogP contribution in [0.15, 0.2) is 70.9 Å². The fourth-order valence-electron chi connectivity index (χ4n) is 3.54. The van der Waals surface area contributed by atoms with Crippen LogP contribution in [0.3, 0.4) is 0 Å². The minimum absolute atomic E-state index is 0.0347. The molecule has 2 aromatic carbocycles. The van der Waals surface area contributed by atoms with Crippen molar-refractivity contribution in [2.45, 2.75) is 25.5 Å². The number of hydrogen-bond acceptors (Lipinski definition) is 5. The molecule has 0 aliphatic carbocycles. The van der Waals surface area contributed by atoms with E-state index in [9.17, 15) is 14.0 Å². The number of carbonyl (C=O) groups excluding carboxylic acids is 2. The Hall–Kier alpha value is -3.72. The molecule has 9 heteroatoms. The Kier molecular flexibility index (Phi) is 6.69. The number of benzene rings is 2. The number of rotatable bonds is 6. The maximum atomic E-state index is 13.2. The first-order chi connectivity index (χ1) is 15.9. The molecule has 1 aromatic heterocycles. The second kappa shape index (κ2) is 9.83. The molecule has 1 atom stereocenters. The predicted molar refractivity (Wildman–Crippen MR) is 129 cm³/mol. The lowest BCUT2D eigenvalue weighted by molar-refractivity contribution is -0.122. The molecule has 1 aliphatic heterocycles. The Morgan fingerprint density at radius 1 is 1.18 bits per heavy atom. The second-order valence-electron chi connectivity index (χ2n) is 7.50.